The molecule has 0 unspecified atom stereocenters. The van der Waals surface area contributed by atoms with Crippen LogP contribution >= 0.6 is 11.3 Å². The largest absolute Gasteiger partial charge is 0.379 e. The van der Waals surface area contributed by atoms with Crippen molar-refractivity contribution < 1.29 is 9.53 Å². The lowest BCUT2D eigenvalue weighted by molar-refractivity contribution is -0.124. The lowest BCUT2D eigenvalue weighted by Crippen LogP contribution is -2.50. The number of carbonyl (C=O) groups excluding carboxylic acids is 1. The van der Waals surface area contributed by atoms with Crippen molar-refractivity contribution in [2.24, 2.45) is 0 Å². The van der Waals surface area contributed by atoms with Crippen LogP contribution in [0.25, 0.3) is 43.6 Å². The number of morpholine rings is 1. The van der Waals surface area contributed by atoms with Gasteiger partial charge in [0.05, 0.1) is 46.9 Å². The number of ether oxygens (including phenoxy) is 1. The molecule has 1 fully saturated rings. The molecule has 3 N–H and O–H groups in total. The summed E-state index contributed by atoms with van der Waals surface area (Å²) in [5.74, 6) is 0.0951. The summed E-state index contributed by atoms with van der Waals surface area (Å²) in [5.41, 5.74) is 5.91. The van der Waals surface area contributed by atoms with Gasteiger partial charge in [-0.3, -0.25) is 19.9 Å². The molecule has 5 aromatic rings. The first-order valence-electron chi connectivity index (χ1n) is 11.3. The standard InChI is InChI=1S/C24H25N7O2S/c1-14(31-5-7-33-8-6-31)24(32)30(2)22-11-19-21(34-22)10-20(27-19)23-17-4-3-15(9-18(17)28-29-23)16-12-25-26-13-16/h3-4,9-14,27H,5-8H2,1-2H3,(H,25,26)(H,28,29)/t14-/m0/s1. The van der Waals surface area contributed by atoms with Crippen LogP contribution in [0.5, 0.6) is 0 Å². The SMILES string of the molecule is C[C@@H](C(=O)N(C)c1cc2[nH]c(-c3n[nH]c4cc(-c5cn[nH]c5)ccc34)cc2s1)N1CCOCC1. The molecule has 1 amide bonds. The lowest BCUT2D eigenvalue weighted by Gasteiger charge is -2.33. The number of anilines is 1. The Morgan fingerprint density at radius 3 is 2.79 bits per heavy atom. The Morgan fingerprint density at radius 2 is 2.03 bits per heavy atom. The molecular formula is C24H25N7O2S. The minimum Gasteiger partial charge on any atom is -0.379 e. The summed E-state index contributed by atoms with van der Waals surface area (Å²) in [4.78, 5) is 20.5. The first kappa shape index (κ1) is 21.1. The molecule has 0 aliphatic carbocycles. The fraction of sp³-hybridized carbons (Fsp3) is 0.292. The van der Waals surface area contributed by atoms with E-state index in [-0.39, 0.29) is 11.9 Å². The first-order chi connectivity index (χ1) is 16.6. The molecule has 1 aromatic carbocycles. The van der Waals surface area contributed by atoms with Crippen molar-refractivity contribution in [3.8, 4) is 22.5 Å². The number of benzene rings is 1. The molecule has 5 heterocycles. The summed E-state index contributed by atoms with van der Waals surface area (Å²) in [6.07, 6.45) is 3.68. The molecule has 6 rings (SSSR count). The third kappa shape index (κ3) is 3.60. The maximum atomic E-state index is 13.1. The van der Waals surface area contributed by atoms with Gasteiger partial charge in [0.2, 0.25) is 5.91 Å². The van der Waals surface area contributed by atoms with Gasteiger partial charge in [-0.05, 0) is 36.8 Å². The van der Waals surface area contributed by atoms with E-state index in [2.05, 4.69) is 54.5 Å². The van der Waals surface area contributed by atoms with Crippen molar-refractivity contribution in [3.63, 3.8) is 0 Å². The van der Waals surface area contributed by atoms with Crippen LogP contribution in [0.15, 0.2) is 42.7 Å². The predicted octanol–water partition coefficient (Wildman–Crippen LogP) is 3.85. The Kier molecular flexibility index (Phi) is 5.20. The minimum atomic E-state index is -0.174. The van der Waals surface area contributed by atoms with Gasteiger partial charge in [-0.15, -0.1) is 11.3 Å². The third-order valence-electron chi connectivity index (χ3n) is 6.55. The normalized spacial score (nSPS) is 15.8. The van der Waals surface area contributed by atoms with Crippen LogP contribution in [0.1, 0.15) is 6.92 Å². The van der Waals surface area contributed by atoms with Gasteiger partial charge in [-0.2, -0.15) is 10.2 Å². The smallest absolute Gasteiger partial charge is 0.244 e. The zero-order valence-corrected chi connectivity index (χ0v) is 19.8. The van der Waals surface area contributed by atoms with Crippen molar-refractivity contribution in [2.75, 3.05) is 38.3 Å². The number of carbonyl (C=O) groups is 1. The Hall–Kier alpha value is -3.47. The number of aromatic nitrogens is 5. The minimum absolute atomic E-state index is 0.0951. The zero-order valence-electron chi connectivity index (χ0n) is 19.0. The highest BCUT2D eigenvalue weighted by atomic mass is 32.1. The maximum absolute atomic E-state index is 13.1. The zero-order chi connectivity index (χ0) is 23.2. The van der Waals surface area contributed by atoms with Crippen molar-refractivity contribution >= 4 is 43.4 Å². The van der Waals surface area contributed by atoms with E-state index in [0.717, 1.165) is 61.7 Å². The monoisotopic (exact) mass is 475 g/mol. The van der Waals surface area contributed by atoms with Crippen molar-refractivity contribution in [1.29, 1.82) is 0 Å². The Balaban J connectivity index is 1.25. The molecule has 1 atom stereocenters. The number of fused-ring (bicyclic) bond motifs is 2. The van der Waals surface area contributed by atoms with Crippen molar-refractivity contribution in [2.45, 2.75) is 13.0 Å². The number of likely N-dealkylation sites (N-methyl/N-ethyl adjacent to an activating group) is 1. The first-order valence-corrected chi connectivity index (χ1v) is 12.1. The molecule has 10 heteroatoms. The lowest BCUT2D eigenvalue weighted by atomic mass is 10.1. The van der Waals surface area contributed by atoms with Gasteiger partial charge < -0.3 is 14.6 Å². The molecule has 34 heavy (non-hydrogen) atoms. The van der Waals surface area contributed by atoms with Crippen molar-refractivity contribution in [1.82, 2.24) is 30.3 Å². The summed E-state index contributed by atoms with van der Waals surface area (Å²) in [6.45, 7) is 4.91. The average Bonchev–Trinajstić information content (AvgIpc) is 3.65. The van der Waals surface area contributed by atoms with E-state index in [4.69, 9.17) is 4.74 Å². The van der Waals surface area contributed by atoms with E-state index in [1.165, 1.54) is 0 Å². The van der Waals surface area contributed by atoms with Crippen LogP contribution in [-0.2, 0) is 9.53 Å². The van der Waals surface area contributed by atoms with E-state index in [9.17, 15) is 4.79 Å². The number of nitrogens with one attached hydrogen (secondary N) is 3. The van der Waals surface area contributed by atoms with Gasteiger partial charge in [0.1, 0.15) is 10.7 Å². The molecule has 1 aliphatic rings. The number of thiophene rings is 1. The number of hydrogen-bond acceptors (Lipinski definition) is 6. The highest BCUT2D eigenvalue weighted by Gasteiger charge is 2.27. The highest BCUT2D eigenvalue weighted by Crippen LogP contribution is 2.37. The molecule has 0 radical (unpaired) electrons. The number of amides is 1. The van der Waals surface area contributed by atoms with Crippen LogP contribution in [0.3, 0.4) is 0 Å². The Morgan fingerprint density at radius 1 is 1.18 bits per heavy atom. The van der Waals surface area contributed by atoms with E-state index in [1.807, 2.05) is 26.2 Å². The van der Waals surface area contributed by atoms with E-state index in [1.54, 1.807) is 22.4 Å². The number of nitrogens with zero attached hydrogens (tertiary/aromatic N) is 4. The molecule has 0 bridgehead atoms. The summed E-state index contributed by atoms with van der Waals surface area (Å²) in [7, 11) is 1.85. The number of hydrogen-bond donors (Lipinski definition) is 3. The van der Waals surface area contributed by atoms with Crippen LogP contribution < -0.4 is 4.90 Å². The summed E-state index contributed by atoms with van der Waals surface area (Å²) < 4.78 is 6.51. The maximum Gasteiger partial charge on any atom is 0.244 e. The Labute approximate surface area is 199 Å². The molecule has 0 spiro atoms. The Bertz CT molecular complexity index is 1430. The second-order valence-corrected chi connectivity index (χ2v) is 9.65. The topological polar surface area (TPSA) is 106 Å². The van der Waals surface area contributed by atoms with E-state index < -0.39 is 0 Å². The van der Waals surface area contributed by atoms with Crippen LogP contribution in [0.2, 0.25) is 0 Å². The molecule has 1 saturated heterocycles. The average molecular weight is 476 g/mol. The van der Waals surface area contributed by atoms with Crippen LogP contribution in [0, 0.1) is 0 Å². The van der Waals surface area contributed by atoms with E-state index >= 15 is 0 Å². The highest BCUT2D eigenvalue weighted by molar-refractivity contribution is 7.23. The van der Waals surface area contributed by atoms with Gasteiger partial charge >= 0.3 is 0 Å². The fourth-order valence-electron chi connectivity index (χ4n) is 4.52. The number of H-pyrrole nitrogens is 3. The summed E-state index contributed by atoms with van der Waals surface area (Å²) >= 11 is 1.60. The quantitative estimate of drug-likeness (QED) is 0.358. The van der Waals surface area contributed by atoms with Crippen LogP contribution in [-0.4, -0.2) is 75.6 Å². The summed E-state index contributed by atoms with van der Waals surface area (Å²) in [6, 6.07) is 10.2. The molecular weight excluding hydrogens is 450 g/mol. The fourth-order valence-corrected chi connectivity index (χ4v) is 5.55. The van der Waals surface area contributed by atoms with Gasteiger partial charge in [0, 0.05) is 37.3 Å². The second-order valence-electron chi connectivity index (χ2n) is 8.59. The molecule has 1 aliphatic heterocycles. The second kappa shape index (κ2) is 8.39. The number of aromatic amines is 3. The van der Waals surface area contributed by atoms with Gasteiger partial charge in [0.15, 0.2) is 0 Å². The molecule has 9 nitrogen and oxygen atoms in total. The predicted molar refractivity (Wildman–Crippen MR) is 134 cm³/mol. The molecule has 0 saturated carbocycles. The van der Waals surface area contributed by atoms with Gasteiger partial charge in [0.25, 0.3) is 0 Å². The summed E-state index contributed by atoms with van der Waals surface area (Å²) in [5, 5.41) is 16.6. The van der Waals surface area contributed by atoms with Gasteiger partial charge in [-0.1, -0.05) is 6.07 Å². The molecule has 174 valence electrons. The third-order valence-corrected chi connectivity index (χ3v) is 7.71. The number of rotatable bonds is 5. The van der Waals surface area contributed by atoms with Gasteiger partial charge in [-0.25, -0.2) is 0 Å². The van der Waals surface area contributed by atoms with Crippen molar-refractivity contribution in [3.05, 3.63) is 42.7 Å². The molecule has 4 aromatic heterocycles. The van der Waals surface area contributed by atoms with E-state index in [0.29, 0.717) is 13.2 Å². The van der Waals surface area contributed by atoms with Crippen LogP contribution in [0.4, 0.5) is 5.00 Å².